The second kappa shape index (κ2) is 5.61. The van der Waals surface area contributed by atoms with Crippen molar-refractivity contribution >= 4 is 0 Å². The number of rotatable bonds is 1. The van der Waals surface area contributed by atoms with Crippen LogP contribution in [0, 0.1) is 0 Å². The second-order valence-electron chi connectivity index (χ2n) is 5.78. The monoisotopic (exact) mass is 261 g/mol. The zero-order chi connectivity index (χ0) is 13.2. The van der Waals surface area contributed by atoms with Crippen molar-refractivity contribution < 1.29 is 9.84 Å². The van der Waals surface area contributed by atoms with Crippen LogP contribution < -0.4 is 0 Å². The third-order valence-corrected chi connectivity index (χ3v) is 4.43. The summed E-state index contributed by atoms with van der Waals surface area (Å²) in [5, 5.41) is 10.8. The lowest BCUT2D eigenvalue weighted by atomic mass is 9.97. The molecule has 1 fully saturated rings. The fraction of sp³-hybridized carbons (Fsp3) is 0.625. The van der Waals surface area contributed by atoms with Gasteiger partial charge in [0.1, 0.15) is 0 Å². The van der Waals surface area contributed by atoms with Crippen LogP contribution in [0.3, 0.4) is 0 Å². The third kappa shape index (κ3) is 2.69. The first-order chi connectivity index (χ1) is 9.25. The summed E-state index contributed by atoms with van der Waals surface area (Å²) >= 11 is 0. The van der Waals surface area contributed by atoms with Crippen LogP contribution in [0.2, 0.25) is 0 Å². The molecule has 0 aromatic heterocycles. The fourth-order valence-electron chi connectivity index (χ4n) is 3.45. The molecule has 3 atom stereocenters. The van der Waals surface area contributed by atoms with Crippen molar-refractivity contribution in [3.63, 3.8) is 0 Å². The Morgan fingerprint density at radius 3 is 3.00 bits per heavy atom. The molecule has 1 heterocycles. The van der Waals surface area contributed by atoms with Crippen LogP contribution in [0.1, 0.15) is 37.0 Å². The second-order valence-corrected chi connectivity index (χ2v) is 5.78. The van der Waals surface area contributed by atoms with Crippen molar-refractivity contribution in [3.05, 3.63) is 35.4 Å². The maximum Gasteiger partial charge on any atom is 0.0947 e. The molecule has 3 nitrogen and oxygen atoms in total. The average molecular weight is 261 g/mol. The van der Waals surface area contributed by atoms with Gasteiger partial charge in [0.25, 0.3) is 0 Å². The smallest absolute Gasteiger partial charge is 0.0947 e. The minimum Gasteiger partial charge on any atom is -0.387 e. The van der Waals surface area contributed by atoms with E-state index in [0.717, 1.165) is 44.5 Å². The van der Waals surface area contributed by atoms with Crippen molar-refractivity contribution in [2.45, 2.75) is 44.4 Å². The van der Waals surface area contributed by atoms with Crippen LogP contribution in [-0.4, -0.2) is 41.8 Å². The van der Waals surface area contributed by atoms with E-state index in [-0.39, 0.29) is 18.2 Å². The van der Waals surface area contributed by atoms with Crippen LogP contribution in [0.15, 0.2) is 24.3 Å². The first-order valence-corrected chi connectivity index (χ1v) is 7.37. The van der Waals surface area contributed by atoms with Crippen molar-refractivity contribution in [2.75, 3.05) is 19.7 Å². The largest absolute Gasteiger partial charge is 0.387 e. The number of hydrogen-bond acceptors (Lipinski definition) is 3. The van der Waals surface area contributed by atoms with Crippen molar-refractivity contribution in [2.24, 2.45) is 0 Å². The number of aliphatic hydroxyl groups excluding tert-OH is 1. The van der Waals surface area contributed by atoms with E-state index in [1.54, 1.807) is 0 Å². The zero-order valence-corrected chi connectivity index (χ0v) is 11.6. The molecule has 2 aliphatic rings. The van der Waals surface area contributed by atoms with Crippen LogP contribution in [0.5, 0.6) is 0 Å². The summed E-state index contributed by atoms with van der Waals surface area (Å²) in [6.07, 6.45) is 3.24. The van der Waals surface area contributed by atoms with Gasteiger partial charge in [0.15, 0.2) is 0 Å². The Morgan fingerprint density at radius 2 is 2.16 bits per heavy atom. The molecule has 3 unspecified atom stereocenters. The first kappa shape index (κ1) is 13.1. The molecule has 0 bridgehead atoms. The molecule has 1 aromatic rings. The van der Waals surface area contributed by atoms with Crippen molar-refractivity contribution in [1.82, 2.24) is 4.90 Å². The summed E-state index contributed by atoms with van der Waals surface area (Å²) in [6.45, 7) is 4.77. The molecule has 1 N–H and O–H groups in total. The summed E-state index contributed by atoms with van der Waals surface area (Å²) in [6, 6.07) is 8.59. The molecule has 0 amide bonds. The number of hydrogen-bond donors (Lipinski definition) is 1. The van der Waals surface area contributed by atoms with Crippen molar-refractivity contribution in [3.8, 4) is 0 Å². The van der Waals surface area contributed by atoms with E-state index in [1.807, 2.05) is 6.07 Å². The maximum atomic E-state index is 10.8. The Balaban J connectivity index is 1.83. The number of ether oxygens (including phenoxy) is 1. The average Bonchev–Trinajstić information content (AvgIpc) is 2.59. The Kier molecular flexibility index (Phi) is 3.87. The number of benzene rings is 1. The molecular weight excluding hydrogens is 238 g/mol. The molecule has 19 heavy (non-hydrogen) atoms. The molecule has 0 radical (unpaired) electrons. The molecule has 1 aliphatic carbocycles. The zero-order valence-electron chi connectivity index (χ0n) is 11.6. The summed E-state index contributed by atoms with van der Waals surface area (Å²) in [5.74, 6) is 0. The summed E-state index contributed by atoms with van der Waals surface area (Å²) < 4.78 is 5.61. The van der Waals surface area contributed by atoms with Gasteiger partial charge in [-0.3, -0.25) is 4.90 Å². The Bertz CT molecular complexity index is 435. The van der Waals surface area contributed by atoms with Gasteiger partial charge in [-0.1, -0.05) is 24.3 Å². The van der Waals surface area contributed by atoms with Gasteiger partial charge in [-0.15, -0.1) is 0 Å². The van der Waals surface area contributed by atoms with E-state index >= 15 is 0 Å². The minimum atomic E-state index is -0.357. The van der Waals surface area contributed by atoms with E-state index in [2.05, 4.69) is 30.0 Å². The Labute approximate surface area is 115 Å². The van der Waals surface area contributed by atoms with Crippen LogP contribution in [0.25, 0.3) is 0 Å². The molecule has 0 spiro atoms. The maximum absolute atomic E-state index is 10.8. The lowest BCUT2D eigenvalue weighted by Gasteiger charge is -2.39. The lowest BCUT2D eigenvalue weighted by molar-refractivity contribution is -0.0597. The van der Waals surface area contributed by atoms with Crippen LogP contribution in [0.4, 0.5) is 0 Å². The molecule has 3 heteroatoms. The quantitative estimate of drug-likeness (QED) is 0.786. The molecule has 1 aromatic carbocycles. The van der Waals surface area contributed by atoms with Crippen LogP contribution >= 0.6 is 0 Å². The highest BCUT2D eigenvalue weighted by Crippen LogP contribution is 2.32. The fourth-order valence-corrected chi connectivity index (χ4v) is 3.45. The van der Waals surface area contributed by atoms with Gasteiger partial charge in [0.05, 0.1) is 18.8 Å². The number of fused-ring (bicyclic) bond motifs is 1. The number of aryl methyl sites for hydroxylation is 1. The summed E-state index contributed by atoms with van der Waals surface area (Å²) in [4.78, 5) is 2.42. The molecule has 0 saturated carbocycles. The lowest BCUT2D eigenvalue weighted by Crippen LogP contribution is -2.48. The van der Waals surface area contributed by atoms with Gasteiger partial charge in [0, 0.05) is 19.1 Å². The highest BCUT2D eigenvalue weighted by molar-refractivity contribution is 5.31. The van der Waals surface area contributed by atoms with Gasteiger partial charge in [-0.05, 0) is 37.3 Å². The highest BCUT2D eigenvalue weighted by Gasteiger charge is 2.32. The SMILES string of the molecule is CC1CN(C2CCCc3ccccc3C2O)CCO1. The molecule has 1 aliphatic heterocycles. The number of aliphatic hydroxyl groups is 1. The Morgan fingerprint density at radius 1 is 1.32 bits per heavy atom. The van der Waals surface area contributed by atoms with E-state index < -0.39 is 0 Å². The van der Waals surface area contributed by atoms with E-state index in [0.29, 0.717) is 0 Å². The summed E-state index contributed by atoms with van der Waals surface area (Å²) in [5.41, 5.74) is 2.45. The highest BCUT2D eigenvalue weighted by atomic mass is 16.5. The van der Waals surface area contributed by atoms with Gasteiger partial charge < -0.3 is 9.84 Å². The van der Waals surface area contributed by atoms with E-state index in [1.165, 1.54) is 5.56 Å². The molecular formula is C16H23NO2. The molecule has 1 saturated heterocycles. The predicted octanol–water partition coefficient (Wildman–Crippen LogP) is 2.15. The predicted molar refractivity (Wildman–Crippen MR) is 75.1 cm³/mol. The number of nitrogens with zero attached hydrogens (tertiary/aromatic N) is 1. The van der Waals surface area contributed by atoms with Gasteiger partial charge in [0.2, 0.25) is 0 Å². The van der Waals surface area contributed by atoms with E-state index in [4.69, 9.17) is 4.74 Å². The molecule has 3 rings (SSSR count). The normalized spacial score (nSPS) is 32.6. The van der Waals surface area contributed by atoms with E-state index in [9.17, 15) is 5.11 Å². The topological polar surface area (TPSA) is 32.7 Å². The number of morpholine rings is 1. The van der Waals surface area contributed by atoms with Gasteiger partial charge in [-0.2, -0.15) is 0 Å². The minimum absolute atomic E-state index is 0.245. The third-order valence-electron chi connectivity index (χ3n) is 4.43. The van der Waals surface area contributed by atoms with Crippen molar-refractivity contribution in [1.29, 1.82) is 0 Å². The first-order valence-electron chi connectivity index (χ1n) is 7.37. The summed E-state index contributed by atoms with van der Waals surface area (Å²) in [7, 11) is 0. The van der Waals surface area contributed by atoms with Gasteiger partial charge >= 0.3 is 0 Å². The standard InChI is InChI=1S/C16H23NO2/c1-12-11-17(9-10-19-12)15-8-4-6-13-5-2-3-7-14(13)16(15)18/h2-3,5,7,12,15-16,18H,4,6,8-11H2,1H3. The Hall–Kier alpha value is -0.900. The molecule has 104 valence electrons. The van der Waals surface area contributed by atoms with Gasteiger partial charge in [-0.25, -0.2) is 0 Å². The van der Waals surface area contributed by atoms with Crippen LogP contribution in [-0.2, 0) is 11.2 Å².